The fourth-order valence-corrected chi connectivity index (χ4v) is 5.35. The molecule has 1 saturated heterocycles. The second-order valence-corrected chi connectivity index (χ2v) is 10.3. The monoisotopic (exact) mass is 461 g/mol. The Hall–Kier alpha value is -2.61. The van der Waals surface area contributed by atoms with Gasteiger partial charge in [-0.05, 0) is 61.8 Å². The fraction of sp³-hybridized carbons (Fsp3) is 0.565. The van der Waals surface area contributed by atoms with Crippen molar-refractivity contribution in [2.45, 2.75) is 63.5 Å². The molecule has 2 saturated carbocycles. The molecule has 1 aromatic carbocycles. The van der Waals surface area contributed by atoms with Crippen molar-refractivity contribution >= 4 is 41.1 Å². The number of benzene rings is 1. The number of hydrogen-bond donors (Lipinski definition) is 1. The molecule has 8 nitrogen and oxygen atoms in total. The lowest BCUT2D eigenvalue weighted by Gasteiger charge is -2.40. The Kier molecular flexibility index (Phi) is 5.48. The van der Waals surface area contributed by atoms with Crippen molar-refractivity contribution in [1.29, 1.82) is 0 Å². The van der Waals surface area contributed by atoms with Gasteiger partial charge < -0.3 is 10.1 Å². The molecule has 2 aliphatic carbocycles. The summed E-state index contributed by atoms with van der Waals surface area (Å²) in [5, 5.41) is 3.35. The second-order valence-electron chi connectivity index (χ2n) is 9.83. The molecule has 1 aromatic rings. The van der Waals surface area contributed by atoms with E-state index in [9.17, 15) is 19.2 Å². The summed E-state index contributed by atoms with van der Waals surface area (Å²) in [6.45, 7) is 3.71. The summed E-state index contributed by atoms with van der Waals surface area (Å²) >= 11 is 6.00. The Bertz CT molecular complexity index is 972. The van der Waals surface area contributed by atoms with Gasteiger partial charge in [-0.2, -0.15) is 0 Å². The van der Waals surface area contributed by atoms with Gasteiger partial charge in [0.1, 0.15) is 17.6 Å². The van der Waals surface area contributed by atoms with E-state index in [0.717, 1.165) is 17.7 Å². The summed E-state index contributed by atoms with van der Waals surface area (Å²) in [6, 6.07) is 5.95. The summed E-state index contributed by atoms with van der Waals surface area (Å²) < 4.78 is 4.96. The van der Waals surface area contributed by atoms with E-state index in [1.807, 2.05) is 0 Å². The van der Waals surface area contributed by atoms with Crippen LogP contribution in [0, 0.1) is 5.41 Å². The number of nitrogens with one attached hydrogen (secondary N) is 1. The Morgan fingerprint density at radius 2 is 1.78 bits per heavy atom. The van der Waals surface area contributed by atoms with Gasteiger partial charge in [-0.3, -0.25) is 19.4 Å². The molecule has 1 unspecified atom stereocenters. The van der Waals surface area contributed by atoms with E-state index >= 15 is 0 Å². The van der Waals surface area contributed by atoms with Gasteiger partial charge in [0.25, 0.3) is 5.91 Å². The normalized spacial score (nSPS) is 25.4. The number of rotatable bonds is 5. The van der Waals surface area contributed by atoms with Gasteiger partial charge >= 0.3 is 12.0 Å². The smallest absolute Gasteiger partial charge is 0.332 e. The molecule has 9 heteroatoms. The molecule has 172 valence electrons. The van der Waals surface area contributed by atoms with Gasteiger partial charge in [0.05, 0.1) is 7.11 Å². The number of halogens is 1. The van der Waals surface area contributed by atoms with E-state index in [1.54, 1.807) is 24.3 Å². The molecule has 0 radical (unpaired) electrons. The van der Waals surface area contributed by atoms with Crippen LogP contribution in [0.2, 0.25) is 5.02 Å². The highest BCUT2D eigenvalue weighted by Crippen LogP contribution is 2.46. The standard InChI is InChI=1S/C23H28ClN3O5/c1-21(2)9-4-10-22(14-21)18(29)26(20(31)25-22)13-17(28)27(16-7-5-15(24)6-8-16)23(11-12-23)19(30)32-3/h5-8H,4,9-14H2,1-3H3,(H,25,31). The number of urea groups is 1. The second kappa shape index (κ2) is 7.76. The molecule has 1 atom stereocenters. The molecule has 1 spiro atoms. The zero-order valence-electron chi connectivity index (χ0n) is 18.6. The van der Waals surface area contributed by atoms with Crippen LogP contribution in [0.3, 0.4) is 0 Å². The van der Waals surface area contributed by atoms with Crippen LogP contribution in [-0.4, -0.2) is 53.4 Å². The average molecular weight is 462 g/mol. The minimum absolute atomic E-state index is 0.0838. The van der Waals surface area contributed by atoms with Crippen molar-refractivity contribution in [1.82, 2.24) is 10.2 Å². The van der Waals surface area contributed by atoms with Crippen LogP contribution < -0.4 is 10.2 Å². The first-order valence-electron chi connectivity index (χ1n) is 10.8. The van der Waals surface area contributed by atoms with E-state index in [0.29, 0.717) is 36.4 Å². The first kappa shape index (κ1) is 22.6. The third-order valence-electron chi connectivity index (χ3n) is 6.83. The van der Waals surface area contributed by atoms with Crippen LogP contribution in [-0.2, 0) is 19.1 Å². The molecule has 3 aliphatic rings. The van der Waals surface area contributed by atoms with Gasteiger partial charge in [0.15, 0.2) is 0 Å². The molecule has 0 bridgehead atoms. The zero-order chi connectivity index (χ0) is 23.3. The summed E-state index contributed by atoms with van der Waals surface area (Å²) in [6.07, 6.45) is 3.76. The topological polar surface area (TPSA) is 96.0 Å². The molecule has 4 amide bonds. The minimum atomic E-state index is -1.14. The third kappa shape index (κ3) is 3.74. The van der Waals surface area contributed by atoms with Crippen LogP contribution in [0.1, 0.15) is 52.4 Å². The third-order valence-corrected chi connectivity index (χ3v) is 7.08. The molecule has 1 heterocycles. The van der Waals surface area contributed by atoms with Gasteiger partial charge in [-0.25, -0.2) is 9.59 Å². The maximum absolute atomic E-state index is 13.5. The average Bonchev–Trinajstić information content (AvgIpc) is 3.49. The lowest BCUT2D eigenvalue weighted by atomic mass is 9.68. The molecule has 1 N–H and O–H groups in total. The van der Waals surface area contributed by atoms with Crippen LogP contribution in [0.4, 0.5) is 10.5 Å². The SMILES string of the molecule is COC(=O)C1(N(C(=O)CN2C(=O)NC3(CCCC(C)(C)C3)C2=O)c2ccc(Cl)cc2)CC1. The maximum atomic E-state index is 13.5. The maximum Gasteiger partial charge on any atom is 0.332 e. The molecule has 3 fully saturated rings. The summed E-state index contributed by atoms with van der Waals surface area (Å²) in [5.74, 6) is -1.42. The number of imide groups is 1. The molecular formula is C23H28ClN3O5. The number of carbonyl (C=O) groups excluding carboxylic acids is 4. The highest BCUT2D eigenvalue weighted by Gasteiger charge is 2.60. The lowest BCUT2D eigenvalue weighted by Crippen LogP contribution is -2.54. The largest absolute Gasteiger partial charge is 0.467 e. The van der Waals surface area contributed by atoms with Crippen molar-refractivity contribution in [2.24, 2.45) is 5.41 Å². The Morgan fingerprint density at radius 3 is 2.34 bits per heavy atom. The molecule has 1 aliphatic heterocycles. The first-order chi connectivity index (χ1) is 15.0. The number of ether oxygens (including phenoxy) is 1. The van der Waals surface area contributed by atoms with Gasteiger partial charge in [0.2, 0.25) is 5.91 Å². The van der Waals surface area contributed by atoms with E-state index in [-0.39, 0.29) is 11.3 Å². The van der Waals surface area contributed by atoms with Crippen LogP contribution in [0.5, 0.6) is 0 Å². The van der Waals surface area contributed by atoms with Crippen LogP contribution >= 0.6 is 11.6 Å². The highest BCUT2D eigenvalue weighted by molar-refractivity contribution is 6.30. The van der Waals surface area contributed by atoms with Crippen molar-refractivity contribution < 1.29 is 23.9 Å². The highest BCUT2D eigenvalue weighted by atomic mass is 35.5. The Morgan fingerprint density at radius 1 is 1.12 bits per heavy atom. The number of carbonyl (C=O) groups is 4. The van der Waals surface area contributed by atoms with Crippen molar-refractivity contribution in [3.63, 3.8) is 0 Å². The van der Waals surface area contributed by atoms with E-state index in [2.05, 4.69) is 19.2 Å². The van der Waals surface area contributed by atoms with Crippen molar-refractivity contribution in [2.75, 3.05) is 18.6 Å². The first-order valence-corrected chi connectivity index (χ1v) is 11.2. The lowest BCUT2D eigenvalue weighted by molar-refractivity contribution is -0.145. The summed E-state index contributed by atoms with van der Waals surface area (Å²) in [7, 11) is 1.28. The van der Waals surface area contributed by atoms with Gasteiger partial charge in [-0.1, -0.05) is 31.9 Å². The van der Waals surface area contributed by atoms with E-state index in [4.69, 9.17) is 16.3 Å². The van der Waals surface area contributed by atoms with Gasteiger partial charge in [-0.15, -0.1) is 0 Å². The molecular weight excluding hydrogens is 434 g/mol. The summed E-state index contributed by atoms with van der Waals surface area (Å²) in [4.78, 5) is 54.5. The Labute approximate surface area is 192 Å². The van der Waals surface area contributed by atoms with E-state index in [1.165, 1.54) is 12.0 Å². The zero-order valence-corrected chi connectivity index (χ0v) is 19.3. The number of nitrogens with zero attached hydrogens (tertiary/aromatic N) is 2. The fourth-order valence-electron chi connectivity index (χ4n) is 5.22. The van der Waals surface area contributed by atoms with Crippen LogP contribution in [0.15, 0.2) is 24.3 Å². The number of amides is 4. The van der Waals surface area contributed by atoms with Crippen LogP contribution in [0.25, 0.3) is 0 Å². The van der Waals surface area contributed by atoms with E-state index < -0.39 is 35.5 Å². The number of anilines is 1. The number of methoxy groups -OCH3 is 1. The number of esters is 1. The quantitative estimate of drug-likeness (QED) is 0.536. The predicted molar refractivity (Wildman–Crippen MR) is 118 cm³/mol. The predicted octanol–water partition coefficient (Wildman–Crippen LogP) is 3.27. The van der Waals surface area contributed by atoms with Gasteiger partial charge in [0, 0.05) is 10.7 Å². The Balaban J connectivity index is 1.61. The van der Waals surface area contributed by atoms with Crippen molar-refractivity contribution in [3.8, 4) is 0 Å². The van der Waals surface area contributed by atoms with Crippen molar-refractivity contribution in [3.05, 3.63) is 29.3 Å². The summed E-state index contributed by atoms with van der Waals surface area (Å²) in [5.41, 5.74) is -1.73. The molecule has 0 aromatic heterocycles. The minimum Gasteiger partial charge on any atom is -0.467 e. The number of hydrogen-bond acceptors (Lipinski definition) is 5. The molecule has 4 rings (SSSR count). The molecule has 32 heavy (non-hydrogen) atoms.